The molecular weight excluding hydrogens is 356 g/mol. The minimum absolute atomic E-state index is 0.251. The zero-order valence-corrected chi connectivity index (χ0v) is 16.1. The molecule has 2 aliphatic rings. The quantitative estimate of drug-likeness (QED) is 0.637. The number of hydrogen-bond donors (Lipinski definition) is 1. The molecule has 0 unspecified atom stereocenters. The van der Waals surface area contributed by atoms with Gasteiger partial charge in [0.05, 0.1) is 6.61 Å². The maximum absolute atomic E-state index is 13.2. The van der Waals surface area contributed by atoms with E-state index in [1.165, 1.54) is 0 Å². The third-order valence-electron chi connectivity index (χ3n) is 6.14. The molecule has 1 heterocycles. The summed E-state index contributed by atoms with van der Waals surface area (Å²) in [5, 5.41) is 11.3. The van der Waals surface area contributed by atoms with Crippen LogP contribution in [0.25, 0.3) is 0 Å². The fourth-order valence-electron chi connectivity index (χ4n) is 4.65. The van der Waals surface area contributed by atoms with Gasteiger partial charge >= 0.3 is 5.97 Å². The zero-order chi connectivity index (χ0) is 19.7. The summed E-state index contributed by atoms with van der Waals surface area (Å²) in [6, 6.07) is 19.4. The Kier molecular flexibility index (Phi) is 5.00. The van der Waals surface area contributed by atoms with Gasteiger partial charge in [0.2, 0.25) is 5.79 Å². The Hall–Kier alpha value is -2.21. The number of benzene rings is 2. The van der Waals surface area contributed by atoms with Crippen molar-refractivity contribution >= 4 is 5.97 Å². The minimum Gasteiger partial charge on any atom is -0.465 e. The molecule has 0 aromatic heterocycles. The molecule has 2 atom stereocenters. The average Bonchev–Trinajstić information content (AvgIpc) is 2.74. The van der Waals surface area contributed by atoms with E-state index in [4.69, 9.17) is 14.5 Å². The van der Waals surface area contributed by atoms with Gasteiger partial charge in [0.25, 0.3) is 0 Å². The van der Waals surface area contributed by atoms with Gasteiger partial charge in [0.15, 0.2) is 5.60 Å². The highest BCUT2D eigenvalue weighted by molar-refractivity contribution is 5.79. The summed E-state index contributed by atoms with van der Waals surface area (Å²) >= 11 is 0. The summed E-state index contributed by atoms with van der Waals surface area (Å²) in [4.78, 5) is 24.9. The van der Waals surface area contributed by atoms with E-state index in [1.807, 2.05) is 60.7 Å². The summed E-state index contributed by atoms with van der Waals surface area (Å²) in [5.74, 6) is -2.11. The summed E-state index contributed by atoms with van der Waals surface area (Å²) in [6.07, 6.45) is 2.68. The van der Waals surface area contributed by atoms with Crippen LogP contribution in [0.3, 0.4) is 0 Å². The van der Waals surface area contributed by atoms with Gasteiger partial charge in [-0.2, -0.15) is 4.89 Å². The number of carbonyl (C=O) groups is 1. The summed E-state index contributed by atoms with van der Waals surface area (Å²) in [6.45, 7) is 2.03. The molecule has 1 saturated heterocycles. The van der Waals surface area contributed by atoms with E-state index in [2.05, 4.69) is 0 Å². The van der Waals surface area contributed by atoms with Crippen LogP contribution >= 0.6 is 0 Å². The van der Waals surface area contributed by atoms with E-state index in [0.29, 0.717) is 12.8 Å². The molecule has 0 radical (unpaired) electrons. The minimum atomic E-state index is -1.69. The Balaban J connectivity index is 1.88. The highest BCUT2D eigenvalue weighted by Gasteiger charge is 2.67. The number of rotatable bonds is 4. The van der Waals surface area contributed by atoms with Gasteiger partial charge in [-0.25, -0.2) is 4.89 Å². The van der Waals surface area contributed by atoms with Crippen LogP contribution in [-0.2, 0) is 24.9 Å². The molecule has 1 saturated carbocycles. The Labute approximate surface area is 165 Å². The number of fused-ring (bicyclic) bond motifs is 1. The molecule has 2 aromatic carbocycles. The topological polar surface area (TPSA) is 65.0 Å². The Morgan fingerprint density at radius 2 is 1.54 bits per heavy atom. The molecule has 2 fully saturated rings. The monoisotopic (exact) mass is 382 g/mol. The first-order valence-electron chi connectivity index (χ1n) is 9.94. The van der Waals surface area contributed by atoms with Crippen molar-refractivity contribution in [2.24, 2.45) is 5.41 Å². The van der Waals surface area contributed by atoms with Gasteiger partial charge in [-0.1, -0.05) is 67.1 Å². The van der Waals surface area contributed by atoms with Crippen molar-refractivity contribution in [2.45, 2.75) is 50.4 Å². The standard InChI is InChI=1S/C23H26O5/c1-2-26-20(24)21-15-9-10-16-23(21,25)28-27-22(17-21,18-11-5-3-6-12-18)19-13-7-4-8-14-19/h3-8,11-14,25H,2,9-10,15-17H2,1H3/t21-,23-/m1/s1. The number of ether oxygens (including phenoxy) is 1. The van der Waals surface area contributed by atoms with E-state index < -0.39 is 22.8 Å². The summed E-state index contributed by atoms with van der Waals surface area (Å²) in [7, 11) is 0. The van der Waals surface area contributed by atoms with Crippen molar-refractivity contribution in [3.8, 4) is 0 Å². The lowest BCUT2D eigenvalue weighted by molar-refractivity contribution is -0.516. The number of hydrogen-bond acceptors (Lipinski definition) is 5. The first kappa shape index (κ1) is 19.1. The van der Waals surface area contributed by atoms with Crippen LogP contribution in [0.15, 0.2) is 60.7 Å². The predicted octanol–water partition coefficient (Wildman–Crippen LogP) is 4.09. The molecule has 1 N–H and O–H groups in total. The molecular formula is C23H26O5. The number of carbonyl (C=O) groups excluding carboxylic acids is 1. The first-order chi connectivity index (χ1) is 13.6. The molecule has 0 bridgehead atoms. The van der Waals surface area contributed by atoms with Gasteiger partial charge in [0, 0.05) is 12.8 Å². The van der Waals surface area contributed by atoms with Crippen molar-refractivity contribution in [3.63, 3.8) is 0 Å². The molecule has 148 valence electrons. The van der Waals surface area contributed by atoms with Crippen molar-refractivity contribution < 1.29 is 24.4 Å². The largest absolute Gasteiger partial charge is 0.465 e. The van der Waals surface area contributed by atoms with E-state index in [0.717, 1.165) is 24.0 Å². The second-order valence-electron chi connectivity index (χ2n) is 7.70. The highest BCUT2D eigenvalue weighted by Crippen LogP contribution is 2.58. The Bertz CT molecular complexity index is 782. The highest BCUT2D eigenvalue weighted by atomic mass is 17.2. The first-order valence-corrected chi connectivity index (χ1v) is 9.94. The van der Waals surface area contributed by atoms with Crippen LogP contribution in [0.2, 0.25) is 0 Å². The third-order valence-corrected chi connectivity index (χ3v) is 6.14. The maximum Gasteiger partial charge on any atom is 0.317 e. The lowest BCUT2D eigenvalue weighted by Gasteiger charge is -2.55. The van der Waals surface area contributed by atoms with Gasteiger partial charge in [-0.3, -0.25) is 4.79 Å². The maximum atomic E-state index is 13.2. The van der Waals surface area contributed by atoms with Gasteiger partial charge in [0.1, 0.15) is 5.41 Å². The zero-order valence-electron chi connectivity index (χ0n) is 16.1. The van der Waals surface area contributed by atoms with Crippen LogP contribution in [0.5, 0.6) is 0 Å². The molecule has 1 aliphatic carbocycles. The lowest BCUT2D eigenvalue weighted by atomic mass is 9.61. The van der Waals surface area contributed by atoms with Crippen LogP contribution in [0, 0.1) is 5.41 Å². The normalized spacial score (nSPS) is 28.9. The fraction of sp³-hybridized carbons (Fsp3) is 0.435. The van der Waals surface area contributed by atoms with Crippen molar-refractivity contribution in [1.29, 1.82) is 0 Å². The van der Waals surface area contributed by atoms with Crippen LogP contribution in [-0.4, -0.2) is 23.5 Å². The van der Waals surface area contributed by atoms with Crippen molar-refractivity contribution in [1.82, 2.24) is 0 Å². The second-order valence-corrected chi connectivity index (χ2v) is 7.70. The van der Waals surface area contributed by atoms with E-state index in [-0.39, 0.29) is 13.0 Å². The van der Waals surface area contributed by atoms with Gasteiger partial charge < -0.3 is 9.84 Å². The summed E-state index contributed by atoms with van der Waals surface area (Å²) < 4.78 is 5.44. The second kappa shape index (κ2) is 7.32. The van der Waals surface area contributed by atoms with Crippen molar-refractivity contribution in [2.75, 3.05) is 6.61 Å². The smallest absolute Gasteiger partial charge is 0.317 e. The van der Waals surface area contributed by atoms with Crippen molar-refractivity contribution in [3.05, 3.63) is 71.8 Å². The fourth-order valence-corrected chi connectivity index (χ4v) is 4.65. The molecule has 0 amide bonds. The SMILES string of the molecule is CCOC(=O)[C@]12CCCC[C@@]1(O)OOC(c1ccccc1)(c1ccccc1)C2. The molecule has 5 heteroatoms. The third kappa shape index (κ3) is 2.85. The van der Waals surface area contributed by atoms with Crippen LogP contribution in [0.4, 0.5) is 0 Å². The van der Waals surface area contributed by atoms with Crippen LogP contribution in [0.1, 0.15) is 50.2 Å². The van der Waals surface area contributed by atoms with Crippen LogP contribution < -0.4 is 0 Å². The predicted molar refractivity (Wildman–Crippen MR) is 103 cm³/mol. The average molecular weight is 382 g/mol. The molecule has 1 aliphatic heterocycles. The molecule has 2 aromatic rings. The molecule has 5 nitrogen and oxygen atoms in total. The van der Waals surface area contributed by atoms with E-state index in [1.54, 1.807) is 6.92 Å². The molecule has 0 spiro atoms. The molecule has 4 rings (SSSR count). The summed E-state index contributed by atoms with van der Waals surface area (Å²) in [5.41, 5.74) is -0.459. The Morgan fingerprint density at radius 3 is 2.11 bits per heavy atom. The molecule has 28 heavy (non-hydrogen) atoms. The van der Waals surface area contributed by atoms with E-state index in [9.17, 15) is 9.90 Å². The Morgan fingerprint density at radius 1 is 0.964 bits per heavy atom. The lowest BCUT2D eigenvalue weighted by Crippen LogP contribution is -2.64. The van der Waals surface area contributed by atoms with Gasteiger partial charge in [-0.05, 0) is 30.9 Å². The van der Waals surface area contributed by atoms with Gasteiger partial charge in [-0.15, -0.1) is 0 Å². The number of aliphatic hydroxyl groups is 1. The van der Waals surface area contributed by atoms with E-state index >= 15 is 0 Å². The number of esters is 1.